The average Bonchev–Trinajstić information content (AvgIpc) is 2.26. The number of aliphatic hydroxyl groups is 1. The molecule has 0 spiro atoms. The summed E-state index contributed by atoms with van der Waals surface area (Å²) >= 11 is 0. The van der Waals surface area contributed by atoms with E-state index in [-0.39, 0.29) is 18.6 Å². The summed E-state index contributed by atoms with van der Waals surface area (Å²) in [5, 5.41) is 11.4. The zero-order valence-corrected chi connectivity index (χ0v) is 9.44. The van der Waals surface area contributed by atoms with Gasteiger partial charge in [-0.25, -0.2) is 0 Å². The first kappa shape index (κ1) is 12.7. The SMILES string of the molecule is CC(=O)Nc1ccc([C@@H](N)CCCO)cc1. The summed E-state index contributed by atoms with van der Waals surface area (Å²) in [7, 11) is 0. The Labute approximate surface area is 95.5 Å². The van der Waals surface area contributed by atoms with Crippen molar-refractivity contribution in [2.75, 3.05) is 11.9 Å². The lowest BCUT2D eigenvalue weighted by Crippen LogP contribution is -2.11. The molecule has 4 nitrogen and oxygen atoms in total. The molecule has 1 rings (SSSR count). The molecule has 4 heteroatoms. The second kappa shape index (κ2) is 6.25. The standard InChI is InChI=1S/C12H18N2O2/c1-9(16)14-11-6-4-10(5-7-11)12(13)3-2-8-15/h4-7,12,15H,2-3,8,13H2,1H3,(H,14,16)/t12-/m0/s1. The Morgan fingerprint density at radius 1 is 1.44 bits per heavy atom. The van der Waals surface area contributed by atoms with E-state index in [0.29, 0.717) is 6.42 Å². The van der Waals surface area contributed by atoms with Crippen molar-refractivity contribution in [3.8, 4) is 0 Å². The molecule has 0 bridgehead atoms. The second-order valence-corrected chi connectivity index (χ2v) is 3.78. The molecule has 0 unspecified atom stereocenters. The molecule has 0 aliphatic carbocycles. The Morgan fingerprint density at radius 2 is 2.06 bits per heavy atom. The lowest BCUT2D eigenvalue weighted by molar-refractivity contribution is -0.114. The van der Waals surface area contributed by atoms with Crippen molar-refractivity contribution >= 4 is 11.6 Å². The molecule has 0 fully saturated rings. The lowest BCUT2D eigenvalue weighted by Gasteiger charge is -2.11. The van der Waals surface area contributed by atoms with Crippen LogP contribution in [-0.2, 0) is 4.79 Å². The van der Waals surface area contributed by atoms with E-state index < -0.39 is 0 Å². The van der Waals surface area contributed by atoms with Crippen molar-refractivity contribution in [1.82, 2.24) is 0 Å². The highest BCUT2D eigenvalue weighted by atomic mass is 16.2. The third-order valence-corrected chi connectivity index (χ3v) is 2.33. The Kier molecular flexibility index (Phi) is 4.95. The zero-order valence-electron chi connectivity index (χ0n) is 9.44. The summed E-state index contributed by atoms with van der Waals surface area (Å²) in [6.45, 7) is 1.64. The van der Waals surface area contributed by atoms with E-state index in [1.807, 2.05) is 24.3 Å². The van der Waals surface area contributed by atoms with Crippen LogP contribution in [0.2, 0.25) is 0 Å². The number of amides is 1. The number of anilines is 1. The van der Waals surface area contributed by atoms with Gasteiger partial charge in [-0.05, 0) is 30.5 Å². The average molecular weight is 222 g/mol. The van der Waals surface area contributed by atoms with Gasteiger partial charge in [0.1, 0.15) is 0 Å². The molecule has 0 heterocycles. The van der Waals surface area contributed by atoms with Gasteiger partial charge in [0.2, 0.25) is 5.91 Å². The molecule has 0 radical (unpaired) electrons. The van der Waals surface area contributed by atoms with E-state index in [4.69, 9.17) is 10.8 Å². The number of benzene rings is 1. The highest BCUT2D eigenvalue weighted by Gasteiger charge is 2.05. The topological polar surface area (TPSA) is 75.4 Å². The maximum Gasteiger partial charge on any atom is 0.221 e. The highest BCUT2D eigenvalue weighted by Crippen LogP contribution is 2.18. The molecule has 0 aliphatic heterocycles. The molecule has 1 aromatic rings. The van der Waals surface area contributed by atoms with Gasteiger partial charge >= 0.3 is 0 Å². The minimum absolute atomic E-state index is 0.0569. The Bertz CT molecular complexity index is 335. The zero-order chi connectivity index (χ0) is 12.0. The summed E-state index contributed by atoms with van der Waals surface area (Å²) in [6.07, 6.45) is 1.46. The first-order chi connectivity index (χ1) is 7.63. The maximum absolute atomic E-state index is 10.8. The van der Waals surface area contributed by atoms with Crippen LogP contribution in [0.4, 0.5) is 5.69 Å². The Balaban J connectivity index is 2.59. The fourth-order valence-electron chi connectivity index (χ4n) is 1.49. The van der Waals surface area contributed by atoms with Crippen molar-refractivity contribution in [3.63, 3.8) is 0 Å². The first-order valence-electron chi connectivity index (χ1n) is 5.37. The summed E-state index contributed by atoms with van der Waals surface area (Å²) in [4.78, 5) is 10.8. The molecule has 1 amide bonds. The van der Waals surface area contributed by atoms with Crippen LogP contribution in [0, 0.1) is 0 Å². The predicted octanol–water partition coefficient (Wildman–Crippen LogP) is 1.42. The molecular weight excluding hydrogens is 204 g/mol. The summed E-state index contributed by atoms with van der Waals surface area (Å²) in [6, 6.07) is 7.39. The number of carbonyl (C=O) groups is 1. The van der Waals surface area contributed by atoms with Crippen molar-refractivity contribution in [2.45, 2.75) is 25.8 Å². The van der Waals surface area contributed by atoms with E-state index in [1.165, 1.54) is 6.92 Å². The number of nitrogens with one attached hydrogen (secondary N) is 1. The van der Waals surface area contributed by atoms with Gasteiger partial charge < -0.3 is 16.2 Å². The van der Waals surface area contributed by atoms with Crippen LogP contribution < -0.4 is 11.1 Å². The van der Waals surface area contributed by atoms with E-state index in [9.17, 15) is 4.79 Å². The summed E-state index contributed by atoms with van der Waals surface area (Å²) in [5.41, 5.74) is 7.72. The molecule has 1 atom stereocenters. The minimum atomic E-state index is -0.0858. The molecule has 0 saturated carbocycles. The van der Waals surface area contributed by atoms with E-state index in [0.717, 1.165) is 17.7 Å². The number of carbonyl (C=O) groups excluding carboxylic acids is 1. The highest BCUT2D eigenvalue weighted by molar-refractivity contribution is 5.88. The van der Waals surface area contributed by atoms with Gasteiger partial charge in [-0.1, -0.05) is 12.1 Å². The molecule has 88 valence electrons. The van der Waals surface area contributed by atoms with Crippen LogP contribution in [0.5, 0.6) is 0 Å². The molecule has 0 aliphatic rings. The number of aliphatic hydroxyl groups excluding tert-OH is 1. The van der Waals surface area contributed by atoms with Crippen LogP contribution in [0.15, 0.2) is 24.3 Å². The molecule has 0 aromatic heterocycles. The van der Waals surface area contributed by atoms with E-state index >= 15 is 0 Å². The molecule has 16 heavy (non-hydrogen) atoms. The van der Waals surface area contributed by atoms with Gasteiger partial charge in [0, 0.05) is 25.3 Å². The van der Waals surface area contributed by atoms with Crippen LogP contribution >= 0.6 is 0 Å². The predicted molar refractivity (Wildman–Crippen MR) is 64.0 cm³/mol. The fraction of sp³-hybridized carbons (Fsp3) is 0.417. The minimum Gasteiger partial charge on any atom is -0.396 e. The molecular formula is C12H18N2O2. The van der Waals surface area contributed by atoms with Crippen molar-refractivity contribution in [3.05, 3.63) is 29.8 Å². The largest absolute Gasteiger partial charge is 0.396 e. The third-order valence-electron chi connectivity index (χ3n) is 2.33. The fourth-order valence-corrected chi connectivity index (χ4v) is 1.49. The number of hydrogen-bond donors (Lipinski definition) is 3. The van der Waals surface area contributed by atoms with Crippen molar-refractivity contribution in [2.24, 2.45) is 5.73 Å². The van der Waals surface area contributed by atoms with Gasteiger partial charge in [0.25, 0.3) is 0 Å². The lowest BCUT2D eigenvalue weighted by atomic mass is 10.0. The smallest absolute Gasteiger partial charge is 0.221 e. The van der Waals surface area contributed by atoms with E-state index in [2.05, 4.69) is 5.32 Å². The number of nitrogens with two attached hydrogens (primary N) is 1. The number of hydrogen-bond acceptors (Lipinski definition) is 3. The second-order valence-electron chi connectivity index (χ2n) is 3.78. The molecule has 0 saturated heterocycles. The van der Waals surface area contributed by atoms with Gasteiger partial charge in [-0.2, -0.15) is 0 Å². The monoisotopic (exact) mass is 222 g/mol. The van der Waals surface area contributed by atoms with E-state index in [1.54, 1.807) is 0 Å². The van der Waals surface area contributed by atoms with Gasteiger partial charge in [-0.15, -0.1) is 0 Å². The van der Waals surface area contributed by atoms with Crippen LogP contribution in [-0.4, -0.2) is 17.6 Å². The quantitative estimate of drug-likeness (QED) is 0.705. The molecule has 1 aromatic carbocycles. The van der Waals surface area contributed by atoms with Crippen molar-refractivity contribution in [1.29, 1.82) is 0 Å². The van der Waals surface area contributed by atoms with Crippen LogP contribution in [0.3, 0.4) is 0 Å². The maximum atomic E-state index is 10.8. The Morgan fingerprint density at radius 3 is 2.56 bits per heavy atom. The Hall–Kier alpha value is -1.39. The summed E-state index contributed by atoms with van der Waals surface area (Å²) < 4.78 is 0. The van der Waals surface area contributed by atoms with Crippen molar-refractivity contribution < 1.29 is 9.90 Å². The van der Waals surface area contributed by atoms with Gasteiger partial charge in [-0.3, -0.25) is 4.79 Å². The first-order valence-corrected chi connectivity index (χ1v) is 5.37. The number of rotatable bonds is 5. The normalized spacial score (nSPS) is 12.2. The van der Waals surface area contributed by atoms with Gasteiger partial charge in [0.05, 0.1) is 0 Å². The van der Waals surface area contributed by atoms with Gasteiger partial charge in [0.15, 0.2) is 0 Å². The molecule has 4 N–H and O–H groups in total. The van der Waals surface area contributed by atoms with Crippen LogP contribution in [0.1, 0.15) is 31.4 Å². The van der Waals surface area contributed by atoms with Crippen LogP contribution in [0.25, 0.3) is 0 Å². The third kappa shape index (κ3) is 4.00. The summed E-state index contributed by atoms with van der Waals surface area (Å²) in [5.74, 6) is -0.0858.